The van der Waals surface area contributed by atoms with Crippen molar-refractivity contribution < 1.29 is 13.9 Å². The van der Waals surface area contributed by atoms with Gasteiger partial charge in [-0.1, -0.05) is 15.9 Å². The summed E-state index contributed by atoms with van der Waals surface area (Å²) in [5, 5.41) is 3.18. The summed E-state index contributed by atoms with van der Waals surface area (Å²) in [6.45, 7) is 2.81. The highest BCUT2D eigenvalue weighted by atomic mass is 79.9. The standard InChI is InChI=1S/C16H17BrFNO2/c1-3-21-16-7-5-13(9-14(16)18)19-10-11-8-12(17)4-6-15(11)20-2/h4-9,19H,3,10H2,1-2H3. The minimum Gasteiger partial charge on any atom is -0.496 e. The average Bonchev–Trinajstić information content (AvgIpc) is 2.48. The third kappa shape index (κ3) is 4.11. The van der Waals surface area contributed by atoms with Gasteiger partial charge in [-0.3, -0.25) is 0 Å². The van der Waals surface area contributed by atoms with Gasteiger partial charge in [0.15, 0.2) is 11.6 Å². The summed E-state index contributed by atoms with van der Waals surface area (Å²) in [6.07, 6.45) is 0. The first-order chi connectivity index (χ1) is 10.1. The van der Waals surface area contributed by atoms with E-state index in [4.69, 9.17) is 9.47 Å². The van der Waals surface area contributed by atoms with Crippen molar-refractivity contribution in [3.8, 4) is 11.5 Å². The molecule has 0 aliphatic carbocycles. The molecule has 0 radical (unpaired) electrons. The predicted octanol–water partition coefficient (Wildman–Crippen LogP) is 4.61. The Labute approximate surface area is 132 Å². The smallest absolute Gasteiger partial charge is 0.167 e. The lowest BCUT2D eigenvalue weighted by Crippen LogP contribution is -2.03. The highest BCUT2D eigenvalue weighted by Gasteiger charge is 2.06. The number of ether oxygens (including phenoxy) is 2. The minimum atomic E-state index is -0.372. The summed E-state index contributed by atoms with van der Waals surface area (Å²) in [7, 11) is 1.63. The number of hydrogen-bond donors (Lipinski definition) is 1. The Morgan fingerprint density at radius 2 is 1.90 bits per heavy atom. The second kappa shape index (κ2) is 7.31. The molecule has 0 bridgehead atoms. The second-order valence-corrected chi connectivity index (χ2v) is 5.30. The zero-order valence-electron chi connectivity index (χ0n) is 12.0. The fourth-order valence-corrected chi connectivity index (χ4v) is 2.37. The topological polar surface area (TPSA) is 30.5 Å². The number of hydrogen-bond acceptors (Lipinski definition) is 3. The lowest BCUT2D eigenvalue weighted by molar-refractivity contribution is 0.321. The van der Waals surface area contributed by atoms with Crippen molar-refractivity contribution in [2.45, 2.75) is 13.5 Å². The molecule has 0 saturated heterocycles. The van der Waals surface area contributed by atoms with E-state index in [-0.39, 0.29) is 11.6 Å². The van der Waals surface area contributed by atoms with Gasteiger partial charge in [0.05, 0.1) is 13.7 Å². The van der Waals surface area contributed by atoms with Gasteiger partial charge in [0.2, 0.25) is 0 Å². The molecule has 0 aromatic heterocycles. The number of rotatable bonds is 6. The molecule has 2 rings (SSSR count). The molecular formula is C16H17BrFNO2. The zero-order valence-corrected chi connectivity index (χ0v) is 13.5. The van der Waals surface area contributed by atoms with Gasteiger partial charge in [-0.25, -0.2) is 4.39 Å². The molecule has 112 valence electrons. The van der Waals surface area contributed by atoms with Gasteiger partial charge in [-0.2, -0.15) is 0 Å². The van der Waals surface area contributed by atoms with Crippen LogP contribution in [0, 0.1) is 5.82 Å². The van der Waals surface area contributed by atoms with E-state index in [1.807, 2.05) is 25.1 Å². The fourth-order valence-electron chi connectivity index (χ4n) is 1.97. The first kappa shape index (κ1) is 15.6. The van der Waals surface area contributed by atoms with Crippen LogP contribution in [0.3, 0.4) is 0 Å². The van der Waals surface area contributed by atoms with Crippen LogP contribution >= 0.6 is 15.9 Å². The van der Waals surface area contributed by atoms with E-state index in [9.17, 15) is 4.39 Å². The van der Waals surface area contributed by atoms with Crippen LogP contribution in [-0.2, 0) is 6.54 Å². The maximum atomic E-state index is 13.8. The van der Waals surface area contributed by atoms with E-state index in [1.54, 1.807) is 19.2 Å². The third-order valence-electron chi connectivity index (χ3n) is 2.96. The van der Waals surface area contributed by atoms with Crippen molar-refractivity contribution in [2.24, 2.45) is 0 Å². The largest absolute Gasteiger partial charge is 0.496 e. The molecule has 0 unspecified atom stereocenters. The lowest BCUT2D eigenvalue weighted by atomic mass is 10.2. The van der Waals surface area contributed by atoms with Crippen molar-refractivity contribution in [2.75, 3.05) is 19.0 Å². The summed E-state index contributed by atoms with van der Waals surface area (Å²) in [5.74, 6) is 0.684. The SMILES string of the molecule is CCOc1ccc(NCc2cc(Br)ccc2OC)cc1F. The molecule has 5 heteroatoms. The van der Waals surface area contributed by atoms with Gasteiger partial charge >= 0.3 is 0 Å². The van der Waals surface area contributed by atoms with Crippen LogP contribution in [0.5, 0.6) is 11.5 Å². The molecule has 0 heterocycles. The van der Waals surface area contributed by atoms with Gasteiger partial charge in [0.25, 0.3) is 0 Å². The van der Waals surface area contributed by atoms with Gasteiger partial charge in [0, 0.05) is 28.3 Å². The highest BCUT2D eigenvalue weighted by Crippen LogP contribution is 2.25. The van der Waals surface area contributed by atoms with E-state index in [0.29, 0.717) is 18.8 Å². The summed E-state index contributed by atoms with van der Waals surface area (Å²) in [6, 6.07) is 10.6. The van der Waals surface area contributed by atoms with Crippen LogP contribution in [0.2, 0.25) is 0 Å². The monoisotopic (exact) mass is 353 g/mol. The molecular weight excluding hydrogens is 337 g/mol. The summed E-state index contributed by atoms with van der Waals surface area (Å²) in [5.41, 5.74) is 1.68. The lowest BCUT2D eigenvalue weighted by Gasteiger charge is -2.12. The number of nitrogens with one attached hydrogen (secondary N) is 1. The minimum absolute atomic E-state index is 0.267. The van der Waals surface area contributed by atoms with Gasteiger partial charge in [-0.15, -0.1) is 0 Å². The second-order valence-electron chi connectivity index (χ2n) is 4.39. The van der Waals surface area contributed by atoms with Crippen LogP contribution in [0.15, 0.2) is 40.9 Å². The fraction of sp³-hybridized carbons (Fsp3) is 0.250. The third-order valence-corrected chi connectivity index (χ3v) is 3.45. The number of benzene rings is 2. The van der Waals surface area contributed by atoms with Crippen LogP contribution in [0.25, 0.3) is 0 Å². The quantitative estimate of drug-likeness (QED) is 0.822. The molecule has 0 amide bonds. The molecule has 0 spiro atoms. The molecule has 3 nitrogen and oxygen atoms in total. The van der Waals surface area contributed by atoms with Crippen molar-refractivity contribution in [3.05, 3.63) is 52.3 Å². The molecule has 0 saturated carbocycles. The van der Waals surface area contributed by atoms with Crippen LogP contribution in [0.1, 0.15) is 12.5 Å². The van der Waals surface area contributed by atoms with Crippen LogP contribution in [0.4, 0.5) is 10.1 Å². The van der Waals surface area contributed by atoms with E-state index < -0.39 is 0 Å². The Balaban J connectivity index is 2.09. The zero-order chi connectivity index (χ0) is 15.2. The number of methoxy groups -OCH3 is 1. The molecule has 2 aromatic carbocycles. The summed E-state index contributed by atoms with van der Waals surface area (Å²) in [4.78, 5) is 0. The maximum Gasteiger partial charge on any atom is 0.167 e. The van der Waals surface area contributed by atoms with Crippen molar-refractivity contribution in [1.29, 1.82) is 0 Å². The van der Waals surface area contributed by atoms with E-state index in [1.165, 1.54) is 6.07 Å². The molecule has 0 aliphatic heterocycles. The number of anilines is 1. The van der Waals surface area contributed by atoms with E-state index in [2.05, 4.69) is 21.2 Å². The molecule has 1 N–H and O–H groups in total. The summed E-state index contributed by atoms with van der Waals surface area (Å²) < 4.78 is 25.2. The summed E-state index contributed by atoms with van der Waals surface area (Å²) >= 11 is 3.43. The Bertz CT molecular complexity index is 619. The van der Waals surface area contributed by atoms with Crippen molar-refractivity contribution >= 4 is 21.6 Å². The normalized spacial score (nSPS) is 10.3. The Morgan fingerprint density at radius 3 is 2.57 bits per heavy atom. The molecule has 0 atom stereocenters. The van der Waals surface area contributed by atoms with Crippen molar-refractivity contribution in [3.63, 3.8) is 0 Å². The molecule has 0 aliphatic rings. The average molecular weight is 354 g/mol. The first-order valence-corrected chi connectivity index (χ1v) is 7.42. The van der Waals surface area contributed by atoms with Crippen LogP contribution < -0.4 is 14.8 Å². The van der Waals surface area contributed by atoms with E-state index >= 15 is 0 Å². The highest BCUT2D eigenvalue weighted by molar-refractivity contribution is 9.10. The first-order valence-electron chi connectivity index (χ1n) is 6.62. The van der Waals surface area contributed by atoms with Crippen molar-refractivity contribution in [1.82, 2.24) is 0 Å². The Morgan fingerprint density at radius 1 is 1.14 bits per heavy atom. The molecule has 2 aromatic rings. The Kier molecular flexibility index (Phi) is 5.44. The van der Waals surface area contributed by atoms with Gasteiger partial charge in [0.1, 0.15) is 5.75 Å². The van der Waals surface area contributed by atoms with E-state index in [0.717, 1.165) is 15.8 Å². The Hall–Kier alpha value is -1.75. The molecule has 0 fully saturated rings. The molecule has 21 heavy (non-hydrogen) atoms. The van der Waals surface area contributed by atoms with Gasteiger partial charge < -0.3 is 14.8 Å². The van der Waals surface area contributed by atoms with Crippen LogP contribution in [-0.4, -0.2) is 13.7 Å². The number of halogens is 2. The maximum absolute atomic E-state index is 13.8. The predicted molar refractivity (Wildman–Crippen MR) is 85.6 cm³/mol. The van der Waals surface area contributed by atoms with Gasteiger partial charge in [-0.05, 0) is 37.3 Å².